The van der Waals surface area contributed by atoms with E-state index in [4.69, 9.17) is 14.5 Å². The predicted molar refractivity (Wildman–Crippen MR) is 149 cm³/mol. The molecule has 1 amide bonds. The standard InChI is InChI=1S/C31H31N3O3/c1-22-20-29(32-30-26(22)10-7-11-28(30)37-3)33-16-18-34(19-17-33)31(35)27(24-8-5-4-6-9-24)21-23-12-14-25(36-2)15-13-23/h4-15,20-21H,16-19H2,1-3H3/b27-21+. The van der Waals surface area contributed by atoms with Crippen molar-refractivity contribution in [3.8, 4) is 11.5 Å². The number of nitrogens with zero attached hydrogens (tertiary/aromatic N) is 3. The highest BCUT2D eigenvalue weighted by atomic mass is 16.5. The zero-order valence-corrected chi connectivity index (χ0v) is 21.5. The number of hydrogen-bond acceptors (Lipinski definition) is 5. The zero-order chi connectivity index (χ0) is 25.8. The summed E-state index contributed by atoms with van der Waals surface area (Å²) in [7, 11) is 3.32. The summed E-state index contributed by atoms with van der Waals surface area (Å²) in [4.78, 5) is 22.9. The van der Waals surface area contributed by atoms with Gasteiger partial charge in [-0.3, -0.25) is 4.79 Å². The Kier molecular flexibility index (Phi) is 7.08. The number of pyridine rings is 1. The van der Waals surface area contributed by atoms with Crippen LogP contribution in [-0.4, -0.2) is 56.2 Å². The van der Waals surface area contributed by atoms with E-state index in [1.165, 1.54) is 0 Å². The van der Waals surface area contributed by atoms with Crippen LogP contribution < -0.4 is 14.4 Å². The number of para-hydroxylation sites is 1. The Hall–Kier alpha value is -4.32. The molecule has 6 heteroatoms. The Labute approximate surface area is 217 Å². The summed E-state index contributed by atoms with van der Waals surface area (Å²) < 4.78 is 10.8. The van der Waals surface area contributed by atoms with Crippen molar-refractivity contribution >= 4 is 34.3 Å². The minimum Gasteiger partial charge on any atom is -0.497 e. The number of piperazine rings is 1. The summed E-state index contributed by atoms with van der Waals surface area (Å²) >= 11 is 0. The van der Waals surface area contributed by atoms with Gasteiger partial charge in [-0.2, -0.15) is 0 Å². The van der Waals surface area contributed by atoms with E-state index in [-0.39, 0.29) is 5.91 Å². The number of rotatable bonds is 6. The van der Waals surface area contributed by atoms with Crippen LogP contribution in [0.3, 0.4) is 0 Å². The number of anilines is 1. The highest BCUT2D eigenvalue weighted by Crippen LogP contribution is 2.30. The quantitative estimate of drug-likeness (QED) is 0.264. The number of benzene rings is 3. The summed E-state index contributed by atoms with van der Waals surface area (Å²) in [6.07, 6.45) is 1.96. The summed E-state index contributed by atoms with van der Waals surface area (Å²) in [5, 5.41) is 1.09. The molecule has 1 fully saturated rings. The Bertz CT molecular complexity index is 1420. The minimum atomic E-state index is 0.0333. The lowest BCUT2D eigenvalue weighted by Gasteiger charge is -2.36. The number of methoxy groups -OCH3 is 2. The van der Waals surface area contributed by atoms with Gasteiger partial charge in [0.1, 0.15) is 22.8 Å². The molecule has 4 aromatic rings. The molecule has 0 unspecified atom stereocenters. The lowest BCUT2D eigenvalue weighted by molar-refractivity contribution is -0.125. The molecule has 1 saturated heterocycles. The van der Waals surface area contributed by atoms with Crippen molar-refractivity contribution in [2.45, 2.75) is 6.92 Å². The van der Waals surface area contributed by atoms with Gasteiger partial charge in [0, 0.05) is 37.1 Å². The zero-order valence-electron chi connectivity index (χ0n) is 21.5. The maximum absolute atomic E-state index is 13.8. The highest BCUT2D eigenvalue weighted by molar-refractivity contribution is 6.24. The lowest BCUT2D eigenvalue weighted by atomic mass is 10.0. The normalized spacial score (nSPS) is 14.1. The van der Waals surface area contributed by atoms with Crippen molar-refractivity contribution in [1.29, 1.82) is 0 Å². The number of fused-ring (bicyclic) bond motifs is 1. The van der Waals surface area contributed by atoms with E-state index in [2.05, 4.69) is 24.0 Å². The highest BCUT2D eigenvalue weighted by Gasteiger charge is 2.25. The topological polar surface area (TPSA) is 54.9 Å². The Morgan fingerprint density at radius 2 is 1.59 bits per heavy atom. The SMILES string of the molecule is COc1ccc(/C=C(/C(=O)N2CCN(c3cc(C)c4cccc(OC)c4n3)CC2)c2ccccc2)cc1. The smallest absolute Gasteiger partial charge is 0.254 e. The molecule has 0 aliphatic carbocycles. The van der Waals surface area contributed by atoms with Crippen LogP contribution in [0.5, 0.6) is 11.5 Å². The van der Waals surface area contributed by atoms with E-state index >= 15 is 0 Å². The average Bonchev–Trinajstić information content (AvgIpc) is 2.96. The van der Waals surface area contributed by atoms with Gasteiger partial charge in [-0.15, -0.1) is 0 Å². The van der Waals surface area contributed by atoms with E-state index in [1.54, 1.807) is 14.2 Å². The lowest BCUT2D eigenvalue weighted by Crippen LogP contribution is -2.49. The molecule has 1 aliphatic heterocycles. The molecule has 6 nitrogen and oxygen atoms in total. The van der Waals surface area contributed by atoms with Gasteiger partial charge in [-0.25, -0.2) is 4.98 Å². The molecular formula is C31H31N3O3. The minimum absolute atomic E-state index is 0.0333. The van der Waals surface area contributed by atoms with Gasteiger partial charge in [0.2, 0.25) is 0 Å². The Morgan fingerprint density at radius 3 is 2.27 bits per heavy atom. The van der Waals surface area contributed by atoms with Crippen molar-refractivity contribution in [3.63, 3.8) is 0 Å². The van der Waals surface area contributed by atoms with Crippen molar-refractivity contribution in [3.05, 3.63) is 95.6 Å². The molecule has 2 heterocycles. The molecule has 0 saturated carbocycles. The van der Waals surface area contributed by atoms with Crippen molar-refractivity contribution < 1.29 is 14.3 Å². The van der Waals surface area contributed by atoms with E-state index in [1.807, 2.05) is 77.7 Å². The Morgan fingerprint density at radius 1 is 0.865 bits per heavy atom. The number of carbonyl (C=O) groups excluding carboxylic acids is 1. The molecule has 0 N–H and O–H groups in total. The monoisotopic (exact) mass is 493 g/mol. The fourth-order valence-corrected chi connectivity index (χ4v) is 4.76. The number of amides is 1. The second-order valence-corrected chi connectivity index (χ2v) is 9.13. The molecule has 37 heavy (non-hydrogen) atoms. The van der Waals surface area contributed by atoms with Gasteiger partial charge in [-0.05, 0) is 54.0 Å². The second kappa shape index (κ2) is 10.7. The number of aryl methyl sites for hydroxylation is 1. The number of hydrogen-bond donors (Lipinski definition) is 0. The average molecular weight is 494 g/mol. The van der Waals surface area contributed by atoms with Crippen LogP contribution in [0.25, 0.3) is 22.6 Å². The number of carbonyl (C=O) groups is 1. The van der Waals surface area contributed by atoms with Crippen LogP contribution in [0.1, 0.15) is 16.7 Å². The molecule has 1 aromatic heterocycles. The molecule has 1 aliphatic rings. The van der Waals surface area contributed by atoms with Crippen LogP contribution in [0, 0.1) is 6.92 Å². The largest absolute Gasteiger partial charge is 0.497 e. The fourth-order valence-electron chi connectivity index (χ4n) is 4.76. The molecule has 0 spiro atoms. The van der Waals surface area contributed by atoms with Gasteiger partial charge < -0.3 is 19.3 Å². The summed E-state index contributed by atoms with van der Waals surface area (Å²) in [6, 6.07) is 25.7. The maximum Gasteiger partial charge on any atom is 0.254 e. The van der Waals surface area contributed by atoms with E-state index in [0.29, 0.717) is 31.8 Å². The van der Waals surface area contributed by atoms with E-state index < -0.39 is 0 Å². The predicted octanol–water partition coefficient (Wildman–Crippen LogP) is 5.45. The van der Waals surface area contributed by atoms with Gasteiger partial charge in [-0.1, -0.05) is 54.6 Å². The molecule has 188 valence electrons. The third-order valence-corrected chi connectivity index (χ3v) is 6.85. The van der Waals surface area contributed by atoms with Gasteiger partial charge in [0.15, 0.2) is 0 Å². The Balaban J connectivity index is 1.37. The van der Waals surface area contributed by atoms with Crippen LogP contribution in [-0.2, 0) is 4.79 Å². The van der Waals surface area contributed by atoms with E-state index in [0.717, 1.165) is 44.9 Å². The van der Waals surface area contributed by atoms with Crippen molar-refractivity contribution in [2.24, 2.45) is 0 Å². The summed E-state index contributed by atoms with van der Waals surface area (Å²) in [5.74, 6) is 2.51. The first-order valence-corrected chi connectivity index (χ1v) is 12.5. The van der Waals surface area contributed by atoms with Crippen molar-refractivity contribution in [2.75, 3.05) is 45.3 Å². The maximum atomic E-state index is 13.8. The molecule has 5 rings (SSSR count). The molecule has 0 bridgehead atoms. The second-order valence-electron chi connectivity index (χ2n) is 9.13. The summed E-state index contributed by atoms with van der Waals surface area (Å²) in [6.45, 7) is 4.77. The van der Waals surface area contributed by atoms with Crippen LogP contribution >= 0.6 is 0 Å². The molecule has 0 atom stereocenters. The van der Waals surface area contributed by atoms with Gasteiger partial charge in [0.05, 0.1) is 14.2 Å². The fraction of sp³-hybridized carbons (Fsp3) is 0.226. The van der Waals surface area contributed by atoms with E-state index in [9.17, 15) is 4.79 Å². The van der Waals surface area contributed by atoms with Crippen molar-refractivity contribution in [1.82, 2.24) is 9.88 Å². The van der Waals surface area contributed by atoms with Gasteiger partial charge in [0.25, 0.3) is 5.91 Å². The summed E-state index contributed by atoms with van der Waals surface area (Å²) in [5.41, 5.74) is 4.57. The van der Waals surface area contributed by atoms with Crippen LogP contribution in [0.15, 0.2) is 78.9 Å². The third-order valence-electron chi connectivity index (χ3n) is 6.85. The molecule has 0 radical (unpaired) electrons. The first-order valence-electron chi connectivity index (χ1n) is 12.5. The number of aromatic nitrogens is 1. The number of ether oxygens (including phenoxy) is 2. The third kappa shape index (κ3) is 5.14. The first-order chi connectivity index (χ1) is 18.1. The molecular weight excluding hydrogens is 462 g/mol. The van der Waals surface area contributed by atoms with Crippen LogP contribution in [0.4, 0.5) is 5.82 Å². The molecule has 3 aromatic carbocycles. The van der Waals surface area contributed by atoms with Gasteiger partial charge >= 0.3 is 0 Å². The first kappa shape index (κ1) is 24.4. The van der Waals surface area contributed by atoms with Crippen LogP contribution in [0.2, 0.25) is 0 Å².